The number of rotatable bonds is 3. The molecule has 1 aromatic heterocycles. The molecule has 0 spiro atoms. The van der Waals surface area contributed by atoms with Crippen LogP contribution in [0.1, 0.15) is 24.2 Å². The van der Waals surface area contributed by atoms with Crippen LogP contribution in [0.5, 0.6) is 0 Å². The molecule has 100 valence electrons. The van der Waals surface area contributed by atoms with Gasteiger partial charge in [0, 0.05) is 12.1 Å². The number of carbonyl (C=O) groups is 1. The Labute approximate surface area is 121 Å². The van der Waals surface area contributed by atoms with Crippen LogP contribution in [0.25, 0.3) is 0 Å². The summed E-state index contributed by atoms with van der Waals surface area (Å²) in [7, 11) is 0. The van der Waals surface area contributed by atoms with Gasteiger partial charge in [-0.3, -0.25) is 9.69 Å². The first-order chi connectivity index (χ1) is 8.40. The van der Waals surface area contributed by atoms with Crippen LogP contribution >= 0.6 is 34.5 Å². The molecule has 0 bridgehead atoms. The molecule has 2 rings (SSSR count). The first-order valence-electron chi connectivity index (χ1n) is 5.71. The minimum Gasteiger partial charge on any atom is -0.378 e. The van der Waals surface area contributed by atoms with Crippen LogP contribution in [0.2, 0.25) is 8.67 Å². The Balaban J connectivity index is 2.09. The molecule has 0 aromatic carbocycles. The predicted molar refractivity (Wildman–Crippen MR) is 75.1 cm³/mol. The number of carbonyl (C=O) groups excluding carboxylic acids is 1. The summed E-state index contributed by atoms with van der Waals surface area (Å²) in [6, 6.07) is 1.64. The second kappa shape index (κ2) is 5.47. The van der Waals surface area contributed by atoms with Crippen LogP contribution in [0.4, 0.5) is 0 Å². The molecule has 1 aliphatic heterocycles. The SMILES string of the molecule is CC1(C)COCCN1CC(=O)c1cc(Cl)sc1Cl. The zero-order chi connectivity index (χ0) is 13.3. The minimum atomic E-state index is -0.125. The molecule has 1 fully saturated rings. The van der Waals surface area contributed by atoms with E-state index in [1.807, 2.05) is 0 Å². The topological polar surface area (TPSA) is 29.5 Å². The van der Waals surface area contributed by atoms with Crippen molar-refractivity contribution in [3.8, 4) is 0 Å². The minimum absolute atomic E-state index is 0.0122. The lowest BCUT2D eigenvalue weighted by atomic mass is 10.0. The summed E-state index contributed by atoms with van der Waals surface area (Å²) < 4.78 is 6.45. The highest BCUT2D eigenvalue weighted by Crippen LogP contribution is 2.32. The number of Topliss-reactive ketones (excluding diaryl/α,β-unsaturated/α-hetero) is 1. The van der Waals surface area contributed by atoms with Crippen molar-refractivity contribution in [2.24, 2.45) is 0 Å². The van der Waals surface area contributed by atoms with Crippen LogP contribution in [0.3, 0.4) is 0 Å². The van der Waals surface area contributed by atoms with Gasteiger partial charge in [-0.25, -0.2) is 0 Å². The van der Waals surface area contributed by atoms with E-state index in [9.17, 15) is 4.79 Å². The number of nitrogens with zero attached hydrogens (tertiary/aromatic N) is 1. The van der Waals surface area contributed by atoms with E-state index in [0.29, 0.717) is 34.0 Å². The first kappa shape index (κ1) is 14.3. The van der Waals surface area contributed by atoms with E-state index in [4.69, 9.17) is 27.9 Å². The van der Waals surface area contributed by atoms with Crippen molar-refractivity contribution in [3.05, 3.63) is 20.3 Å². The molecule has 0 saturated carbocycles. The van der Waals surface area contributed by atoms with Crippen molar-refractivity contribution >= 4 is 40.3 Å². The monoisotopic (exact) mass is 307 g/mol. The lowest BCUT2D eigenvalue weighted by Gasteiger charge is -2.41. The van der Waals surface area contributed by atoms with Crippen LogP contribution < -0.4 is 0 Å². The molecule has 1 aliphatic rings. The third-order valence-electron chi connectivity index (χ3n) is 3.11. The van der Waals surface area contributed by atoms with Gasteiger partial charge in [-0.15, -0.1) is 11.3 Å². The molecule has 1 aromatic rings. The number of ether oxygens (including phenoxy) is 1. The summed E-state index contributed by atoms with van der Waals surface area (Å²) in [5.41, 5.74) is 0.397. The van der Waals surface area contributed by atoms with Crippen molar-refractivity contribution in [3.63, 3.8) is 0 Å². The molecule has 0 unspecified atom stereocenters. The van der Waals surface area contributed by atoms with Crippen molar-refractivity contribution in [1.82, 2.24) is 4.90 Å². The highest BCUT2D eigenvalue weighted by Gasteiger charge is 2.32. The van der Waals surface area contributed by atoms with E-state index in [1.165, 1.54) is 11.3 Å². The zero-order valence-corrected chi connectivity index (χ0v) is 12.7. The number of halogens is 2. The smallest absolute Gasteiger partial charge is 0.179 e. The van der Waals surface area contributed by atoms with Gasteiger partial charge < -0.3 is 4.74 Å². The Hall–Kier alpha value is -0.130. The van der Waals surface area contributed by atoms with E-state index >= 15 is 0 Å². The average molecular weight is 308 g/mol. The molecule has 0 atom stereocenters. The number of morpholine rings is 1. The summed E-state index contributed by atoms with van der Waals surface area (Å²) in [5, 5.41) is 0. The van der Waals surface area contributed by atoms with Crippen LogP contribution in [-0.2, 0) is 4.74 Å². The van der Waals surface area contributed by atoms with Gasteiger partial charge >= 0.3 is 0 Å². The van der Waals surface area contributed by atoms with E-state index in [2.05, 4.69) is 18.7 Å². The fourth-order valence-corrected chi connectivity index (χ4v) is 3.47. The fraction of sp³-hybridized carbons (Fsp3) is 0.583. The van der Waals surface area contributed by atoms with Gasteiger partial charge in [-0.05, 0) is 19.9 Å². The van der Waals surface area contributed by atoms with E-state index < -0.39 is 0 Å². The maximum absolute atomic E-state index is 12.2. The third-order valence-corrected chi connectivity index (χ3v) is 4.60. The molecule has 6 heteroatoms. The highest BCUT2D eigenvalue weighted by molar-refractivity contribution is 7.20. The number of thiophene rings is 1. The van der Waals surface area contributed by atoms with Crippen molar-refractivity contribution in [2.45, 2.75) is 19.4 Å². The van der Waals surface area contributed by atoms with E-state index in [-0.39, 0.29) is 11.3 Å². The lowest BCUT2D eigenvalue weighted by Crippen LogP contribution is -2.54. The maximum Gasteiger partial charge on any atom is 0.179 e. The Bertz CT molecular complexity index is 459. The molecule has 0 amide bonds. The number of ketones is 1. The fourth-order valence-electron chi connectivity index (χ4n) is 1.97. The molecule has 18 heavy (non-hydrogen) atoms. The largest absolute Gasteiger partial charge is 0.378 e. The Morgan fingerprint density at radius 2 is 2.28 bits per heavy atom. The van der Waals surface area contributed by atoms with Gasteiger partial charge in [-0.2, -0.15) is 0 Å². The summed E-state index contributed by atoms with van der Waals surface area (Å²) in [4.78, 5) is 14.3. The third kappa shape index (κ3) is 3.06. The maximum atomic E-state index is 12.2. The molecule has 3 nitrogen and oxygen atoms in total. The first-order valence-corrected chi connectivity index (χ1v) is 7.28. The Kier molecular flexibility index (Phi) is 4.34. The summed E-state index contributed by atoms with van der Waals surface area (Å²) >= 11 is 13.1. The van der Waals surface area contributed by atoms with Gasteiger partial charge in [0.15, 0.2) is 5.78 Å². The van der Waals surface area contributed by atoms with Gasteiger partial charge in [0.05, 0.1) is 29.7 Å². The molecule has 0 aliphatic carbocycles. The highest BCUT2D eigenvalue weighted by atomic mass is 35.5. The predicted octanol–water partition coefficient (Wildman–Crippen LogP) is 3.35. The molecular formula is C12H15Cl2NO2S. The molecule has 2 heterocycles. The molecule has 0 N–H and O–H groups in total. The normalized spacial score (nSPS) is 20.0. The molecule has 1 saturated heterocycles. The lowest BCUT2D eigenvalue weighted by molar-refractivity contribution is -0.0467. The zero-order valence-electron chi connectivity index (χ0n) is 10.3. The summed E-state index contributed by atoms with van der Waals surface area (Å²) in [6.07, 6.45) is 0. The van der Waals surface area contributed by atoms with Crippen molar-refractivity contribution in [1.29, 1.82) is 0 Å². The quantitative estimate of drug-likeness (QED) is 0.802. The van der Waals surface area contributed by atoms with Gasteiger partial charge in [0.1, 0.15) is 4.34 Å². The van der Waals surface area contributed by atoms with Crippen molar-refractivity contribution in [2.75, 3.05) is 26.3 Å². The van der Waals surface area contributed by atoms with E-state index in [1.54, 1.807) is 6.07 Å². The van der Waals surface area contributed by atoms with Crippen LogP contribution in [0.15, 0.2) is 6.07 Å². The standard InChI is InChI=1S/C12H15Cl2NO2S/c1-12(2)7-17-4-3-15(12)6-9(16)8-5-10(13)18-11(8)14/h5H,3-4,6-7H2,1-2H3. The second-order valence-electron chi connectivity index (χ2n) is 4.95. The van der Waals surface area contributed by atoms with Crippen LogP contribution in [-0.4, -0.2) is 42.5 Å². The summed E-state index contributed by atoms with van der Waals surface area (Å²) in [5.74, 6) is 0.0122. The van der Waals surface area contributed by atoms with Gasteiger partial charge in [0.2, 0.25) is 0 Å². The van der Waals surface area contributed by atoms with Crippen molar-refractivity contribution < 1.29 is 9.53 Å². The van der Waals surface area contributed by atoms with E-state index in [0.717, 1.165) is 6.54 Å². The Morgan fingerprint density at radius 1 is 1.56 bits per heavy atom. The second-order valence-corrected chi connectivity index (χ2v) is 7.23. The van der Waals surface area contributed by atoms with Gasteiger partial charge in [0.25, 0.3) is 0 Å². The molecule has 0 radical (unpaired) electrons. The number of hydrogen-bond acceptors (Lipinski definition) is 4. The number of hydrogen-bond donors (Lipinski definition) is 0. The average Bonchev–Trinajstić information content (AvgIpc) is 2.61. The van der Waals surface area contributed by atoms with Crippen LogP contribution in [0, 0.1) is 0 Å². The summed E-state index contributed by atoms with van der Waals surface area (Å²) in [6.45, 7) is 6.55. The molecular weight excluding hydrogens is 293 g/mol. The Morgan fingerprint density at radius 3 is 2.83 bits per heavy atom. The van der Waals surface area contributed by atoms with Gasteiger partial charge in [-0.1, -0.05) is 23.2 Å².